The van der Waals surface area contributed by atoms with Gasteiger partial charge in [0, 0.05) is 19.8 Å². The maximum absolute atomic E-state index is 13.3. The summed E-state index contributed by atoms with van der Waals surface area (Å²) in [4.78, 5) is 25.2. The minimum absolute atomic E-state index is 0.0861. The first-order chi connectivity index (χ1) is 16.5. The third-order valence-electron chi connectivity index (χ3n) is 9.10. The monoisotopic (exact) mass is 453 g/mol. The average Bonchev–Trinajstić information content (AvgIpc) is 3.21. The quantitative estimate of drug-likeness (QED) is 0.576. The molecule has 4 fully saturated rings. The maximum atomic E-state index is 13.3. The number of fused-ring (bicyclic) bond motifs is 1. The van der Waals surface area contributed by atoms with Gasteiger partial charge in [0.25, 0.3) is 0 Å². The van der Waals surface area contributed by atoms with Gasteiger partial charge in [-0.2, -0.15) is 0 Å². The number of carbonyl (C=O) groups is 2. The Kier molecular flexibility index (Phi) is 5.47. The number of benzene rings is 2. The number of Topliss-reactive ketones (excluding diaryl/α,β-unsaturated/α-hetero) is 1. The Morgan fingerprint density at radius 3 is 2.24 bits per heavy atom. The van der Waals surface area contributed by atoms with Gasteiger partial charge in [-0.25, -0.2) is 0 Å². The topological polar surface area (TPSA) is 46.2 Å². The van der Waals surface area contributed by atoms with Crippen LogP contribution < -0.4 is 5.32 Å². The number of hydrogen-bond acceptors (Lipinski definition) is 2. The number of nitrogens with one attached hydrogen (secondary N) is 1. The molecule has 0 saturated heterocycles. The van der Waals surface area contributed by atoms with Crippen molar-refractivity contribution in [2.24, 2.45) is 17.8 Å². The smallest absolute Gasteiger partial charge is 0.217 e. The minimum atomic E-state index is -0.488. The van der Waals surface area contributed by atoms with Gasteiger partial charge in [0.2, 0.25) is 5.91 Å². The van der Waals surface area contributed by atoms with Crippen molar-refractivity contribution in [2.75, 3.05) is 0 Å². The summed E-state index contributed by atoms with van der Waals surface area (Å²) in [6.07, 6.45) is 12.5. The van der Waals surface area contributed by atoms with E-state index < -0.39 is 6.04 Å². The van der Waals surface area contributed by atoms with E-state index in [0.29, 0.717) is 18.3 Å². The Balaban J connectivity index is 1.16. The minimum Gasteiger partial charge on any atom is -0.346 e. The standard InChI is InChI=1S/C31H35NO2/c1-20(33)32-29(16-26-9-8-25-4-2-3-5-28(25)26)30(34)15-21-6-10-27(11-7-21)31-17-22-12-23(18-31)14-24(13-22)19-31/h2-7,9-11,22-24,29H,8,12-19H2,1H3,(H,32,33). The molecular weight excluding hydrogens is 418 g/mol. The van der Waals surface area contributed by atoms with E-state index in [0.717, 1.165) is 29.7 Å². The van der Waals surface area contributed by atoms with Crippen LogP contribution in [-0.2, 0) is 27.8 Å². The van der Waals surface area contributed by atoms with Crippen molar-refractivity contribution in [3.05, 3.63) is 76.9 Å². The van der Waals surface area contributed by atoms with Crippen molar-refractivity contribution >= 4 is 17.3 Å². The molecule has 34 heavy (non-hydrogen) atoms. The summed E-state index contributed by atoms with van der Waals surface area (Å²) >= 11 is 0. The fourth-order valence-electron chi connectivity index (χ4n) is 8.02. The first kappa shape index (κ1) is 21.8. The number of carbonyl (C=O) groups excluding carboxylic acids is 2. The molecule has 0 heterocycles. The summed E-state index contributed by atoms with van der Waals surface area (Å²) in [5.41, 5.74) is 6.61. The molecule has 0 radical (unpaired) electrons. The number of ketones is 1. The van der Waals surface area contributed by atoms with Crippen LogP contribution in [0.1, 0.15) is 74.1 Å². The van der Waals surface area contributed by atoms with Gasteiger partial charge in [-0.05, 0) is 95.9 Å². The number of hydrogen-bond donors (Lipinski definition) is 1. The van der Waals surface area contributed by atoms with Gasteiger partial charge < -0.3 is 5.32 Å². The van der Waals surface area contributed by atoms with E-state index in [1.165, 1.54) is 67.7 Å². The lowest BCUT2D eigenvalue weighted by molar-refractivity contribution is -0.126. The highest BCUT2D eigenvalue weighted by atomic mass is 16.2. The molecule has 5 aliphatic rings. The average molecular weight is 454 g/mol. The van der Waals surface area contributed by atoms with Gasteiger partial charge in [-0.15, -0.1) is 0 Å². The summed E-state index contributed by atoms with van der Waals surface area (Å²) < 4.78 is 0. The summed E-state index contributed by atoms with van der Waals surface area (Å²) in [5, 5.41) is 2.93. The molecule has 4 bridgehead atoms. The van der Waals surface area contributed by atoms with Gasteiger partial charge >= 0.3 is 0 Å². The summed E-state index contributed by atoms with van der Waals surface area (Å²) in [7, 11) is 0. The number of amides is 1. The Hall–Kier alpha value is -2.68. The number of rotatable bonds is 7. The molecule has 2 aromatic rings. The van der Waals surface area contributed by atoms with E-state index in [2.05, 4.69) is 53.9 Å². The second kappa shape index (κ2) is 8.52. The summed E-state index contributed by atoms with van der Waals surface area (Å²) in [6.45, 7) is 1.50. The van der Waals surface area contributed by atoms with Gasteiger partial charge in [0.05, 0.1) is 6.04 Å². The van der Waals surface area contributed by atoms with Crippen LogP contribution in [0.2, 0.25) is 0 Å². The SMILES string of the molecule is CC(=O)NC(CC1=CCc2ccccc21)C(=O)Cc1ccc(C23CC4CC(CC(C4)C2)C3)cc1. The zero-order chi connectivity index (χ0) is 23.3. The Morgan fingerprint density at radius 1 is 0.941 bits per heavy atom. The van der Waals surface area contributed by atoms with E-state index in [4.69, 9.17) is 0 Å². The van der Waals surface area contributed by atoms with Crippen LogP contribution in [0.4, 0.5) is 0 Å². The lowest BCUT2D eigenvalue weighted by atomic mass is 9.48. The predicted molar refractivity (Wildman–Crippen MR) is 135 cm³/mol. The van der Waals surface area contributed by atoms with Crippen molar-refractivity contribution < 1.29 is 9.59 Å². The highest BCUT2D eigenvalue weighted by Crippen LogP contribution is 2.60. The highest BCUT2D eigenvalue weighted by Gasteiger charge is 2.51. The summed E-state index contributed by atoms with van der Waals surface area (Å²) in [5.74, 6) is 2.73. The fourth-order valence-corrected chi connectivity index (χ4v) is 8.02. The van der Waals surface area contributed by atoms with Crippen molar-refractivity contribution in [3.63, 3.8) is 0 Å². The van der Waals surface area contributed by atoms with Gasteiger partial charge in [0.15, 0.2) is 5.78 Å². The normalized spacial score (nSPS) is 29.4. The Morgan fingerprint density at radius 2 is 1.59 bits per heavy atom. The van der Waals surface area contributed by atoms with E-state index in [1.807, 2.05) is 6.07 Å². The fraction of sp³-hybridized carbons (Fsp3) is 0.484. The largest absolute Gasteiger partial charge is 0.346 e. The van der Waals surface area contributed by atoms with Crippen molar-refractivity contribution in [1.82, 2.24) is 5.32 Å². The van der Waals surface area contributed by atoms with Crippen molar-refractivity contribution in [2.45, 2.75) is 76.2 Å². The van der Waals surface area contributed by atoms with Crippen LogP contribution >= 0.6 is 0 Å². The molecule has 3 heteroatoms. The van der Waals surface area contributed by atoms with Crippen molar-refractivity contribution in [3.8, 4) is 0 Å². The zero-order valence-electron chi connectivity index (χ0n) is 20.2. The van der Waals surface area contributed by atoms with Crippen LogP contribution in [0.25, 0.3) is 5.57 Å². The number of allylic oxidation sites excluding steroid dienone is 1. The molecule has 0 spiro atoms. The second-order valence-corrected chi connectivity index (χ2v) is 11.6. The van der Waals surface area contributed by atoms with E-state index in [9.17, 15) is 9.59 Å². The molecule has 0 aliphatic heterocycles. The third kappa shape index (κ3) is 4.04. The molecule has 1 unspecified atom stereocenters. The van der Waals surface area contributed by atoms with Crippen molar-refractivity contribution in [1.29, 1.82) is 0 Å². The lowest BCUT2D eigenvalue weighted by Gasteiger charge is -2.57. The van der Waals surface area contributed by atoms with Crippen LogP contribution in [-0.4, -0.2) is 17.7 Å². The molecule has 176 valence electrons. The molecule has 7 rings (SSSR count). The third-order valence-corrected chi connectivity index (χ3v) is 9.10. The molecule has 1 atom stereocenters. The van der Waals surface area contributed by atoms with Crippen LogP contribution in [0.15, 0.2) is 54.6 Å². The van der Waals surface area contributed by atoms with E-state index in [-0.39, 0.29) is 11.7 Å². The van der Waals surface area contributed by atoms with Gasteiger partial charge in [0.1, 0.15) is 0 Å². The molecule has 1 N–H and O–H groups in total. The summed E-state index contributed by atoms with van der Waals surface area (Å²) in [6, 6.07) is 16.8. The Bertz CT molecular complexity index is 1110. The predicted octanol–water partition coefficient (Wildman–Crippen LogP) is 5.80. The first-order valence-corrected chi connectivity index (χ1v) is 13.1. The molecule has 1 amide bonds. The lowest BCUT2D eigenvalue weighted by Crippen LogP contribution is -2.48. The molecular formula is C31H35NO2. The maximum Gasteiger partial charge on any atom is 0.217 e. The highest BCUT2D eigenvalue weighted by molar-refractivity contribution is 5.92. The van der Waals surface area contributed by atoms with Crippen LogP contribution in [0.3, 0.4) is 0 Å². The van der Waals surface area contributed by atoms with E-state index >= 15 is 0 Å². The molecule has 2 aromatic carbocycles. The van der Waals surface area contributed by atoms with Gasteiger partial charge in [-0.1, -0.05) is 54.6 Å². The molecule has 4 saturated carbocycles. The second-order valence-electron chi connectivity index (χ2n) is 11.6. The zero-order valence-corrected chi connectivity index (χ0v) is 20.2. The Labute approximate surface area is 203 Å². The van der Waals surface area contributed by atoms with Gasteiger partial charge in [-0.3, -0.25) is 9.59 Å². The molecule has 5 aliphatic carbocycles. The van der Waals surface area contributed by atoms with Crippen LogP contribution in [0.5, 0.6) is 0 Å². The van der Waals surface area contributed by atoms with E-state index in [1.54, 1.807) is 0 Å². The van der Waals surface area contributed by atoms with Crippen LogP contribution in [0, 0.1) is 17.8 Å². The molecule has 0 aromatic heterocycles. The molecule has 3 nitrogen and oxygen atoms in total. The first-order valence-electron chi connectivity index (χ1n) is 13.1.